The van der Waals surface area contributed by atoms with Crippen LogP contribution in [-0.2, 0) is 21.2 Å². The van der Waals surface area contributed by atoms with Crippen molar-refractivity contribution in [3.63, 3.8) is 0 Å². The summed E-state index contributed by atoms with van der Waals surface area (Å²) >= 11 is 1.56. The number of anilines is 2. The Kier molecular flexibility index (Phi) is 4.49. The van der Waals surface area contributed by atoms with Crippen molar-refractivity contribution in [2.45, 2.75) is 18.2 Å². The molecule has 2 aromatic carbocycles. The van der Waals surface area contributed by atoms with Crippen molar-refractivity contribution in [1.82, 2.24) is 0 Å². The molecular weight excluding hydrogens is 380 g/mol. The molecule has 1 aromatic heterocycles. The Labute approximate surface area is 162 Å². The molecule has 0 atom stereocenters. The fourth-order valence-electron chi connectivity index (χ4n) is 3.29. The summed E-state index contributed by atoms with van der Waals surface area (Å²) in [7, 11) is -3.74. The zero-order valence-corrected chi connectivity index (χ0v) is 16.3. The van der Waals surface area contributed by atoms with Gasteiger partial charge in [-0.25, -0.2) is 8.42 Å². The van der Waals surface area contributed by atoms with Crippen molar-refractivity contribution in [1.29, 1.82) is 0 Å². The predicted octanol–water partition coefficient (Wildman–Crippen LogP) is 4.12. The topological polar surface area (TPSA) is 66.5 Å². The van der Waals surface area contributed by atoms with Crippen LogP contribution in [0.3, 0.4) is 0 Å². The molecular formula is C20H18N2O3S2. The first-order valence-corrected chi connectivity index (χ1v) is 10.9. The van der Waals surface area contributed by atoms with Crippen LogP contribution < -0.4 is 9.62 Å². The maximum Gasteiger partial charge on any atom is 0.261 e. The summed E-state index contributed by atoms with van der Waals surface area (Å²) in [6, 6.07) is 16.2. The van der Waals surface area contributed by atoms with E-state index >= 15 is 0 Å². The highest BCUT2D eigenvalue weighted by Gasteiger charge is 2.25. The number of hydrogen-bond donors (Lipinski definition) is 1. The number of benzene rings is 2. The number of thiophene rings is 1. The lowest BCUT2D eigenvalue weighted by molar-refractivity contribution is -0.116. The van der Waals surface area contributed by atoms with Gasteiger partial charge >= 0.3 is 0 Å². The van der Waals surface area contributed by atoms with Crippen molar-refractivity contribution in [3.8, 4) is 10.4 Å². The average Bonchev–Trinajstić information content (AvgIpc) is 3.31. The lowest BCUT2D eigenvalue weighted by Gasteiger charge is -2.15. The normalized spacial score (nSPS) is 13.4. The van der Waals surface area contributed by atoms with E-state index in [1.54, 1.807) is 40.5 Å². The van der Waals surface area contributed by atoms with Gasteiger partial charge < -0.3 is 4.90 Å². The van der Waals surface area contributed by atoms with Gasteiger partial charge in [-0.3, -0.25) is 9.52 Å². The van der Waals surface area contributed by atoms with Crippen molar-refractivity contribution in [2.24, 2.45) is 0 Å². The molecule has 0 spiro atoms. The Bertz CT molecular complexity index is 1110. The van der Waals surface area contributed by atoms with E-state index in [0.717, 1.165) is 21.7 Å². The van der Waals surface area contributed by atoms with Gasteiger partial charge in [0.05, 0.1) is 10.6 Å². The van der Waals surface area contributed by atoms with Crippen LogP contribution in [-0.4, -0.2) is 20.9 Å². The van der Waals surface area contributed by atoms with Gasteiger partial charge in [-0.15, -0.1) is 11.3 Å². The summed E-state index contributed by atoms with van der Waals surface area (Å²) in [6.07, 6.45) is 0.657. The summed E-state index contributed by atoms with van der Waals surface area (Å²) in [5, 5.41) is 1.96. The molecule has 2 heterocycles. The Morgan fingerprint density at radius 1 is 1.11 bits per heavy atom. The Balaban J connectivity index is 1.67. The molecule has 0 fully saturated rings. The molecule has 5 nitrogen and oxygen atoms in total. The molecule has 0 radical (unpaired) electrons. The fourth-order valence-corrected chi connectivity index (χ4v) is 5.19. The second kappa shape index (κ2) is 6.83. The van der Waals surface area contributed by atoms with E-state index in [-0.39, 0.29) is 10.8 Å². The molecule has 3 aromatic rings. The van der Waals surface area contributed by atoms with Crippen LogP contribution in [0.4, 0.5) is 11.4 Å². The van der Waals surface area contributed by atoms with Crippen LogP contribution in [0.25, 0.3) is 10.4 Å². The smallest absolute Gasteiger partial charge is 0.261 e. The Hall–Kier alpha value is -2.64. The number of nitrogens with one attached hydrogen (secondary N) is 1. The van der Waals surface area contributed by atoms with E-state index in [2.05, 4.69) is 4.72 Å². The molecule has 4 rings (SSSR count). The van der Waals surface area contributed by atoms with Crippen LogP contribution in [0.15, 0.2) is 64.9 Å². The second-order valence-corrected chi connectivity index (χ2v) is 8.97. The van der Waals surface area contributed by atoms with Gasteiger partial charge in [0.2, 0.25) is 5.91 Å². The number of carbonyl (C=O) groups excluding carboxylic acids is 1. The minimum Gasteiger partial charge on any atom is -0.312 e. The monoisotopic (exact) mass is 398 g/mol. The third-order valence-corrected chi connectivity index (χ3v) is 6.86. The maximum absolute atomic E-state index is 13.0. The van der Waals surface area contributed by atoms with Gasteiger partial charge in [0.15, 0.2) is 0 Å². The van der Waals surface area contributed by atoms with Crippen molar-refractivity contribution in [3.05, 3.63) is 65.5 Å². The molecule has 138 valence electrons. The number of nitrogens with zero attached hydrogens (tertiary/aromatic N) is 1. The molecule has 1 aliphatic heterocycles. The lowest BCUT2D eigenvalue weighted by Crippen LogP contribution is -2.25. The van der Waals surface area contributed by atoms with E-state index in [4.69, 9.17) is 0 Å². The Morgan fingerprint density at radius 3 is 2.67 bits per heavy atom. The van der Waals surface area contributed by atoms with E-state index < -0.39 is 10.0 Å². The summed E-state index contributed by atoms with van der Waals surface area (Å²) in [5.74, 6) is -0.0349. The molecule has 0 saturated heterocycles. The number of rotatable bonds is 4. The number of sulfonamides is 1. The van der Waals surface area contributed by atoms with Gasteiger partial charge in [-0.1, -0.05) is 24.3 Å². The highest BCUT2D eigenvalue weighted by atomic mass is 32.2. The zero-order chi connectivity index (χ0) is 19.0. The van der Waals surface area contributed by atoms with Crippen molar-refractivity contribution >= 4 is 38.6 Å². The Morgan fingerprint density at radius 2 is 1.93 bits per heavy atom. The molecule has 0 aliphatic carbocycles. The third-order valence-electron chi connectivity index (χ3n) is 4.59. The second-order valence-electron chi connectivity index (χ2n) is 6.34. The molecule has 7 heteroatoms. The third kappa shape index (κ3) is 3.36. The molecule has 1 amide bonds. The summed E-state index contributed by atoms with van der Waals surface area (Å²) < 4.78 is 28.6. The molecule has 0 saturated carbocycles. The van der Waals surface area contributed by atoms with Crippen molar-refractivity contribution in [2.75, 3.05) is 16.2 Å². The number of carbonyl (C=O) groups is 1. The largest absolute Gasteiger partial charge is 0.312 e. The van der Waals surface area contributed by atoms with Gasteiger partial charge in [0, 0.05) is 29.6 Å². The van der Waals surface area contributed by atoms with Gasteiger partial charge in [-0.05, 0) is 47.7 Å². The summed E-state index contributed by atoms with van der Waals surface area (Å²) in [5.41, 5.74) is 3.06. The van der Waals surface area contributed by atoms with E-state index in [0.29, 0.717) is 18.7 Å². The van der Waals surface area contributed by atoms with Gasteiger partial charge in [0.1, 0.15) is 0 Å². The summed E-state index contributed by atoms with van der Waals surface area (Å²) in [4.78, 5) is 14.6. The quantitative estimate of drug-likeness (QED) is 0.719. The van der Waals surface area contributed by atoms with Crippen LogP contribution in [0.5, 0.6) is 0 Å². The molecule has 0 unspecified atom stereocenters. The van der Waals surface area contributed by atoms with Gasteiger partial charge in [-0.2, -0.15) is 0 Å². The first-order chi connectivity index (χ1) is 13.0. The lowest BCUT2D eigenvalue weighted by atomic mass is 10.1. The van der Waals surface area contributed by atoms with Crippen LogP contribution >= 0.6 is 11.3 Å². The molecule has 27 heavy (non-hydrogen) atoms. The average molecular weight is 399 g/mol. The number of hydrogen-bond acceptors (Lipinski definition) is 4. The zero-order valence-electron chi connectivity index (χ0n) is 14.7. The first-order valence-electron chi connectivity index (χ1n) is 8.52. The van der Waals surface area contributed by atoms with E-state index in [1.165, 1.54) is 6.92 Å². The predicted molar refractivity (Wildman–Crippen MR) is 109 cm³/mol. The fraction of sp³-hybridized carbons (Fsp3) is 0.150. The SMILES string of the molecule is CC(=O)N1CCc2cc(S(=O)(=O)Nc3ccccc3-c3cccs3)ccc21. The van der Waals surface area contributed by atoms with Crippen LogP contribution in [0.1, 0.15) is 12.5 Å². The van der Waals surface area contributed by atoms with Crippen molar-refractivity contribution < 1.29 is 13.2 Å². The van der Waals surface area contributed by atoms with Crippen LogP contribution in [0, 0.1) is 0 Å². The standard InChI is InChI=1S/C20H18N2O3S2/c1-14(23)22-11-10-15-13-16(8-9-19(15)22)27(24,25)21-18-6-3-2-5-17(18)20-7-4-12-26-20/h2-9,12-13,21H,10-11H2,1H3. The molecule has 1 N–H and O–H groups in total. The van der Waals surface area contributed by atoms with Gasteiger partial charge in [0.25, 0.3) is 10.0 Å². The minimum atomic E-state index is -3.74. The molecule has 1 aliphatic rings. The minimum absolute atomic E-state index is 0.0349. The van der Waals surface area contributed by atoms with Crippen LogP contribution in [0.2, 0.25) is 0 Å². The maximum atomic E-state index is 13.0. The molecule has 0 bridgehead atoms. The summed E-state index contributed by atoms with van der Waals surface area (Å²) in [6.45, 7) is 2.10. The highest BCUT2D eigenvalue weighted by molar-refractivity contribution is 7.92. The number of para-hydroxylation sites is 1. The number of amides is 1. The number of fused-ring (bicyclic) bond motifs is 1. The first kappa shape index (κ1) is 17.8. The van der Waals surface area contributed by atoms with E-state index in [9.17, 15) is 13.2 Å². The van der Waals surface area contributed by atoms with E-state index in [1.807, 2.05) is 35.7 Å². The highest BCUT2D eigenvalue weighted by Crippen LogP contribution is 2.34.